The molecule has 0 unspecified atom stereocenters. The van der Waals surface area contributed by atoms with Crippen LogP contribution in [0, 0.1) is 11.3 Å². The van der Waals surface area contributed by atoms with Gasteiger partial charge in [-0.2, -0.15) is 5.26 Å². The SMILES string of the molecule is N#Cc1ccc(-c2cccc(-c3ccc4c5c(-c6ccccc6)c6c(cc7c8ccccc8c8cccc6c87)c(-c6ccccc6)c5c5cccc3c54)c2)cc1. The summed E-state index contributed by atoms with van der Waals surface area (Å²) in [4.78, 5) is 0. The summed E-state index contributed by atoms with van der Waals surface area (Å²) >= 11 is 0. The summed E-state index contributed by atoms with van der Waals surface area (Å²) < 4.78 is 0. The summed E-state index contributed by atoms with van der Waals surface area (Å²) in [6.07, 6.45) is 0. The maximum absolute atomic E-state index is 9.38. The van der Waals surface area contributed by atoms with E-state index >= 15 is 0 Å². The average Bonchev–Trinajstić information content (AvgIpc) is 3.78. The van der Waals surface area contributed by atoms with Gasteiger partial charge in [0.2, 0.25) is 0 Å². The molecule has 0 bridgehead atoms. The molecule has 1 nitrogen and oxygen atoms in total. The van der Waals surface area contributed by atoms with Crippen LogP contribution in [0.25, 0.3) is 120 Å². The van der Waals surface area contributed by atoms with Crippen molar-refractivity contribution in [3.05, 3.63) is 194 Å². The molecule has 0 saturated heterocycles. The minimum absolute atomic E-state index is 0.668. The van der Waals surface area contributed by atoms with Gasteiger partial charge in [-0.3, -0.25) is 0 Å². The van der Waals surface area contributed by atoms with Crippen LogP contribution in [0.15, 0.2) is 188 Å². The molecule has 0 atom stereocenters. The van der Waals surface area contributed by atoms with Crippen molar-refractivity contribution in [1.29, 1.82) is 5.26 Å². The quantitative estimate of drug-likeness (QED) is 0.167. The van der Waals surface area contributed by atoms with Crippen molar-refractivity contribution in [2.75, 3.05) is 0 Å². The van der Waals surface area contributed by atoms with E-state index in [2.05, 4.69) is 170 Å². The van der Waals surface area contributed by atoms with Crippen molar-refractivity contribution in [3.63, 3.8) is 0 Å². The van der Waals surface area contributed by atoms with Gasteiger partial charge in [0, 0.05) is 0 Å². The Hall–Kier alpha value is -7.53. The molecule has 0 heterocycles. The predicted octanol–water partition coefficient (Wildman–Crippen LogP) is 15.2. The Kier molecular flexibility index (Phi) is 6.47. The topological polar surface area (TPSA) is 23.8 Å². The molecule has 0 amide bonds. The number of fused-ring (bicyclic) bond motifs is 8. The Morgan fingerprint density at radius 1 is 0.268 bits per heavy atom. The third-order valence-electron chi connectivity index (χ3n) is 12.2. The van der Waals surface area contributed by atoms with Crippen LogP contribution < -0.4 is 0 Å². The van der Waals surface area contributed by atoms with Gasteiger partial charge in [0.1, 0.15) is 0 Å². The van der Waals surface area contributed by atoms with Crippen molar-refractivity contribution in [2.45, 2.75) is 0 Å². The molecule has 0 aliphatic rings. The number of hydrogen-bond donors (Lipinski definition) is 0. The van der Waals surface area contributed by atoms with Crippen LogP contribution in [0.4, 0.5) is 0 Å². The number of nitriles is 1. The fourth-order valence-corrected chi connectivity index (χ4v) is 9.87. The van der Waals surface area contributed by atoms with Gasteiger partial charge in [0.25, 0.3) is 0 Å². The molecule has 0 N–H and O–H groups in total. The molecule has 0 spiro atoms. The standard InChI is InChI=1S/C55H31N/c56-32-33-24-26-34(27-25-33)37-16-9-17-38(30-37)39-28-29-46-51-42(39)20-10-23-45(51)54-49(35-12-3-1-4-13-35)48-31-47-41-19-8-7-18-40(41)43-21-11-22-44(52(43)47)53(48)50(55(46)54)36-14-5-2-6-15-36/h1-31H. The Morgan fingerprint density at radius 3 is 1.52 bits per heavy atom. The fraction of sp³-hybridized carbons (Fsp3) is 0. The van der Waals surface area contributed by atoms with Crippen LogP contribution in [-0.4, -0.2) is 0 Å². The average molecular weight is 706 g/mol. The van der Waals surface area contributed by atoms with Crippen LogP contribution in [-0.2, 0) is 0 Å². The van der Waals surface area contributed by atoms with Crippen molar-refractivity contribution in [1.82, 2.24) is 0 Å². The number of hydrogen-bond acceptors (Lipinski definition) is 1. The zero-order chi connectivity index (χ0) is 36.9. The largest absolute Gasteiger partial charge is 0.192 e. The molecule has 0 fully saturated rings. The third kappa shape index (κ3) is 4.24. The molecule has 56 heavy (non-hydrogen) atoms. The van der Waals surface area contributed by atoms with Crippen LogP contribution in [0.3, 0.4) is 0 Å². The van der Waals surface area contributed by atoms with Gasteiger partial charge in [0.05, 0.1) is 11.6 Å². The van der Waals surface area contributed by atoms with Crippen molar-refractivity contribution >= 4 is 75.4 Å². The molecule has 1 heteroatoms. The van der Waals surface area contributed by atoms with Gasteiger partial charge in [-0.05, 0) is 144 Å². The number of rotatable bonds is 4. The first-order valence-corrected chi connectivity index (χ1v) is 19.2. The van der Waals surface area contributed by atoms with Gasteiger partial charge >= 0.3 is 0 Å². The summed E-state index contributed by atoms with van der Waals surface area (Å²) in [6, 6.07) is 70.9. The van der Waals surface area contributed by atoms with Crippen LogP contribution >= 0.6 is 0 Å². The van der Waals surface area contributed by atoms with Crippen LogP contribution in [0.1, 0.15) is 5.56 Å². The van der Waals surface area contributed by atoms with Crippen molar-refractivity contribution in [2.24, 2.45) is 0 Å². The molecule has 12 aromatic rings. The number of benzene rings is 10. The summed E-state index contributed by atoms with van der Waals surface area (Å²) in [6.45, 7) is 0. The first kappa shape index (κ1) is 30.9. The van der Waals surface area contributed by atoms with E-state index in [1.807, 2.05) is 24.3 Å². The first-order valence-electron chi connectivity index (χ1n) is 19.2. The molecule has 12 rings (SSSR count). The van der Waals surface area contributed by atoms with Crippen molar-refractivity contribution < 1.29 is 0 Å². The third-order valence-corrected chi connectivity index (χ3v) is 12.2. The highest BCUT2D eigenvalue weighted by Crippen LogP contribution is 2.55. The highest BCUT2D eigenvalue weighted by Gasteiger charge is 2.26. The molecule has 0 radical (unpaired) electrons. The van der Waals surface area contributed by atoms with E-state index in [-0.39, 0.29) is 0 Å². The molecule has 0 aliphatic carbocycles. The fourth-order valence-electron chi connectivity index (χ4n) is 9.87. The van der Waals surface area contributed by atoms with Gasteiger partial charge < -0.3 is 0 Å². The maximum atomic E-state index is 9.38. The first-order chi connectivity index (χ1) is 27.8. The van der Waals surface area contributed by atoms with E-state index in [0.717, 1.165) is 11.1 Å². The zero-order valence-electron chi connectivity index (χ0n) is 30.3. The molecule has 0 saturated carbocycles. The van der Waals surface area contributed by atoms with E-state index < -0.39 is 0 Å². The summed E-state index contributed by atoms with van der Waals surface area (Å²) in [5, 5.41) is 27.6. The Morgan fingerprint density at radius 2 is 0.786 bits per heavy atom. The van der Waals surface area contributed by atoms with Gasteiger partial charge in [-0.25, -0.2) is 0 Å². The minimum atomic E-state index is 0.668. The van der Waals surface area contributed by atoms with E-state index in [1.165, 1.54) is 109 Å². The van der Waals surface area contributed by atoms with E-state index in [4.69, 9.17) is 0 Å². The summed E-state index contributed by atoms with van der Waals surface area (Å²) in [7, 11) is 0. The second-order valence-corrected chi connectivity index (χ2v) is 15.0. The normalized spacial score (nSPS) is 11.9. The monoisotopic (exact) mass is 705 g/mol. The van der Waals surface area contributed by atoms with Gasteiger partial charge in [-0.1, -0.05) is 164 Å². The molecule has 0 aromatic heterocycles. The van der Waals surface area contributed by atoms with Crippen LogP contribution in [0.5, 0.6) is 0 Å². The Balaban J connectivity index is 1.27. The van der Waals surface area contributed by atoms with Crippen LogP contribution in [0.2, 0.25) is 0 Å². The Labute approximate surface area is 323 Å². The van der Waals surface area contributed by atoms with Gasteiger partial charge in [0.15, 0.2) is 0 Å². The minimum Gasteiger partial charge on any atom is -0.192 e. The molecular formula is C55H31N. The van der Waals surface area contributed by atoms with E-state index in [0.29, 0.717) is 5.56 Å². The maximum Gasteiger partial charge on any atom is 0.0991 e. The van der Waals surface area contributed by atoms with E-state index in [9.17, 15) is 5.26 Å². The van der Waals surface area contributed by atoms with Crippen molar-refractivity contribution in [3.8, 4) is 50.6 Å². The molecule has 0 aliphatic heterocycles. The molecule has 256 valence electrons. The molecular weight excluding hydrogens is 675 g/mol. The predicted molar refractivity (Wildman–Crippen MR) is 238 cm³/mol. The number of nitrogens with zero attached hydrogens (tertiary/aromatic N) is 1. The summed E-state index contributed by atoms with van der Waals surface area (Å²) in [5.41, 5.74) is 10.3. The van der Waals surface area contributed by atoms with E-state index in [1.54, 1.807) is 0 Å². The zero-order valence-corrected chi connectivity index (χ0v) is 30.3. The molecule has 12 aromatic carbocycles. The lowest BCUT2D eigenvalue weighted by Gasteiger charge is -2.19. The highest BCUT2D eigenvalue weighted by molar-refractivity contribution is 6.45. The second kappa shape index (κ2) is 11.7. The lowest BCUT2D eigenvalue weighted by atomic mass is 9.84. The highest BCUT2D eigenvalue weighted by atomic mass is 14.3. The summed E-state index contributed by atoms with van der Waals surface area (Å²) in [5.74, 6) is 0. The smallest absolute Gasteiger partial charge is 0.0991 e. The second-order valence-electron chi connectivity index (χ2n) is 15.0. The Bertz CT molecular complexity index is 3560. The lowest BCUT2D eigenvalue weighted by molar-refractivity contribution is 1.48. The lowest BCUT2D eigenvalue weighted by Crippen LogP contribution is -1.91. The van der Waals surface area contributed by atoms with Gasteiger partial charge in [-0.15, -0.1) is 0 Å².